The first-order chi connectivity index (χ1) is 15.8. The van der Waals surface area contributed by atoms with Crippen molar-refractivity contribution in [3.05, 3.63) is 47.4 Å². The number of aromatic nitrogens is 2. The Morgan fingerprint density at radius 2 is 1.74 bits per heavy atom. The summed E-state index contributed by atoms with van der Waals surface area (Å²) in [6.45, 7) is 4.98. The highest BCUT2D eigenvalue weighted by atomic mass is 19.4. The second-order valence-corrected chi connectivity index (χ2v) is 8.74. The number of hydrogen-bond acceptors (Lipinski definition) is 6. The lowest BCUT2D eigenvalue weighted by Crippen LogP contribution is -2.35. The van der Waals surface area contributed by atoms with Crippen molar-refractivity contribution >= 4 is 29.4 Å². The topological polar surface area (TPSA) is 122 Å². The Balaban J connectivity index is 1.59. The van der Waals surface area contributed by atoms with Gasteiger partial charge in [-0.3, -0.25) is 19.9 Å². The fourth-order valence-electron chi connectivity index (χ4n) is 2.90. The minimum Gasteiger partial charge on any atom is -0.444 e. The summed E-state index contributed by atoms with van der Waals surface area (Å²) in [5, 5.41) is 7.32. The Bertz CT molecular complexity index is 1080. The molecule has 3 rings (SSSR count). The summed E-state index contributed by atoms with van der Waals surface area (Å²) in [5.74, 6) is -1.50. The molecule has 1 aliphatic carbocycles. The van der Waals surface area contributed by atoms with Crippen LogP contribution in [0.3, 0.4) is 0 Å². The molecular formula is C22H24F3N5O4. The highest BCUT2D eigenvalue weighted by Crippen LogP contribution is 2.43. The minimum atomic E-state index is -4.51. The molecule has 0 atom stereocenters. The number of halogens is 3. The lowest BCUT2D eigenvalue weighted by molar-refractivity contribution is -0.137. The fraction of sp³-hybridized carbons (Fsp3) is 0.409. The monoisotopic (exact) mass is 479 g/mol. The molecule has 0 aromatic carbocycles. The molecule has 0 radical (unpaired) electrons. The van der Waals surface area contributed by atoms with E-state index in [2.05, 4.69) is 25.9 Å². The van der Waals surface area contributed by atoms with E-state index in [0.29, 0.717) is 17.6 Å². The van der Waals surface area contributed by atoms with Crippen LogP contribution in [0.2, 0.25) is 0 Å². The number of amides is 3. The van der Waals surface area contributed by atoms with Crippen LogP contribution in [0.15, 0.2) is 30.6 Å². The lowest BCUT2D eigenvalue weighted by atomic mass is 10.1. The number of pyridine rings is 2. The smallest absolute Gasteiger partial charge is 0.417 e. The summed E-state index contributed by atoms with van der Waals surface area (Å²) in [6.07, 6.45) is -1.44. The number of carbonyl (C=O) groups is 3. The highest BCUT2D eigenvalue weighted by Gasteiger charge is 2.31. The number of rotatable bonds is 5. The van der Waals surface area contributed by atoms with Gasteiger partial charge >= 0.3 is 24.1 Å². The Labute approximate surface area is 193 Å². The molecule has 0 bridgehead atoms. The van der Waals surface area contributed by atoms with Gasteiger partial charge in [0, 0.05) is 11.8 Å². The molecule has 2 heterocycles. The second-order valence-electron chi connectivity index (χ2n) is 8.74. The summed E-state index contributed by atoms with van der Waals surface area (Å²) in [7, 11) is 0. The number of nitrogens with zero attached hydrogens (tertiary/aromatic N) is 2. The second kappa shape index (κ2) is 9.65. The van der Waals surface area contributed by atoms with Gasteiger partial charge in [0.15, 0.2) is 0 Å². The third-order valence-corrected chi connectivity index (χ3v) is 4.60. The molecule has 1 fully saturated rings. The van der Waals surface area contributed by atoms with Crippen molar-refractivity contribution < 1.29 is 32.3 Å². The summed E-state index contributed by atoms with van der Waals surface area (Å²) in [4.78, 5) is 44.2. The first-order valence-electron chi connectivity index (χ1n) is 10.4. The number of anilines is 2. The van der Waals surface area contributed by atoms with E-state index in [1.807, 2.05) is 0 Å². The first kappa shape index (κ1) is 24.9. The fourth-order valence-corrected chi connectivity index (χ4v) is 2.90. The summed E-state index contributed by atoms with van der Waals surface area (Å²) in [6, 6.07) is 3.58. The molecule has 12 heteroatoms. The minimum absolute atomic E-state index is 0.157. The van der Waals surface area contributed by atoms with Gasteiger partial charge in [-0.2, -0.15) is 13.2 Å². The maximum absolute atomic E-state index is 12.6. The van der Waals surface area contributed by atoms with Gasteiger partial charge in [-0.05, 0) is 57.7 Å². The Morgan fingerprint density at radius 1 is 1.03 bits per heavy atom. The van der Waals surface area contributed by atoms with Crippen LogP contribution in [0, 0.1) is 0 Å². The molecular weight excluding hydrogens is 455 g/mol. The number of alkyl halides is 3. The third-order valence-electron chi connectivity index (χ3n) is 4.60. The highest BCUT2D eigenvalue weighted by molar-refractivity contribution is 6.39. The quantitative estimate of drug-likeness (QED) is 0.558. The normalized spacial score (nSPS) is 13.7. The van der Waals surface area contributed by atoms with Gasteiger partial charge in [-0.1, -0.05) is 0 Å². The van der Waals surface area contributed by atoms with Crippen molar-refractivity contribution in [2.75, 3.05) is 10.6 Å². The van der Waals surface area contributed by atoms with Gasteiger partial charge in [0.05, 0.1) is 29.7 Å². The van der Waals surface area contributed by atoms with Crippen LogP contribution < -0.4 is 16.0 Å². The Hall–Kier alpha value is -3.70. The molecule has 2 aromatic rings. The Kier molecular flexibility index (Phi) is 7.08. The van der Waals surface area contributed by atoms with Crippen LogP contribution in [0.25, 0.3) is 0 Å². The van der Waals surface area contributed by atoms with E-state index in [1.54, 1.807) is 26.8 Å². The standard InChI is InChI=1S/C22H24F3N5O4/c1-21(2,3)34-20(33)30-17-16(12-4-5-12)8-15(11-27-17)29-19(32)18(31)28-10-14-7-6-13(9-26-14)22(23,24)25/h6-9,11-12H,4-5,10H2,1-3H3,(H,28,31)(H,29,32)(H,27,30,33). The maximum Gasteiger partial charge on any atom is 0.417 e. The molecule has 0 spiro atoms. The number of carbonyl (C=O) groups excluding carboxylic acids is 3. The predicted molar refractivity (Wildman–Crippen MR) is 116 cm³/mol. The van der Waals surface area contributed by atoms with Crippen LogP contribution in [0.4, 0.5) is 29.5 Å². The van der Waals surface area contributed by atoms with Gasteiger partial charge in [-0.25, -0.2) is 9.78 Å². The number of nitrogens with one attached hydrogen (secondary N) is 3. The lowest BCUT2D eigenvalue weighted by Gasteiger charge is -2.20. The zero-order valence-electron chi connectivity index (χ0n) is 18.7. The third kappa shape index (κ3) is 7.15. The summed E-state index contributed by atoms with van der Waals surface area (Å²) >= 11 is 0. The van der Waals surface area contributed by atoms with Crippen LogP contribution in [0.5, 0.6) is 0 Å². The largest absolute Gasteiger partial charge is 0.444 e. The molecule has 0 aliphatic heterocycles. The van der Waals surface area contributed by atoms with Crippen molar-refractivity contribution in [3.63, 3.8) is 0 Å². The van der Waals surface area contributed by atoms with Crippen LogP contribution in [0.1, 0.15) is 56.4 Å². The van der Waals surface area contributed by atoms with E-state index < -0.39 is 35.2 Å². The zero-order valence-corrected chi connectivity index (χ0v) is 18.7. The van der Waals surface area contributed by atoms with E-state index >= 15 is 0 Å². The van der Waals surface area contributed by atoms with E-state index in [0.717, 1.165) is 25.0 Å². The molecule has 1 saturated carbocycles. The van der Waals surface area contributed by atoms with E-state index in [-0.39, 0.29) is 23.8 Å². The zero-order chi connectivity index (χ0) is 25.1. The average molecular weight is 479 g/mol. The van der Waals surface area contributed by atoms with Gasteiger partial charge in [0.1, 0.15) is 11.4 Å². The van der Waals surface area contributed by atoms with Gasteiger partial charge < -0.3 is 15.4 Å². The van der Waals surface area contributed by atoms with Gasteiger partial charge in [-0.15, -0.1) is 0 Å². The van der Waals surface area contributed by atoms with Gasteiger partial charge in [0.25, 0.3) is 0 Å². The van der Waals surface area contributed by atoms with Crippen LogP contribution in [-0.4, -0.2) is 33.5 Å². The molecule has 2 aromatic heterocycles. The molecule has 9 nitrogen and oxygen atoms in total. The van der Waals surface area contributed by atoms with E-state index in [1.165, 1.54) is 6.20 Å². The van der Waals surface area contributed by atoms with Crippen LogP contribution >= 0.6 is 0 Å². The van der Waals surface area contributed by atoms with Crippen molar-refractivity contribution in [1.82, 2.24) is 15.3 Å². The molecule has 182 valence electrons. The average Bonchev–Trinajstić information content (AvgIpc) is 3.56. The summed E-state index contributed by atoms with van der Waals surface area (Å²) in [5.41, 5.74) is -0.475. The summed E-state index contributed by atoms with van der Waals surface area (Å²) < 4.78 is 43.0. The molecule has 34 heavy (non-hydrogen) atoms. The van der Waals surface area contributed by atoms with E-state index in [9.17, 15) is 27.6 Å². The number of ether oxygens (including phenoxy) is 1. The van der Waals surface area contributed by atoms with E-state index in [4.69, 9.17) is 4.74 Å². The SMILES string of the molecule is CC(C)(C)OC(=O)Nc1ncc(NC(=O)C(=O)NCc2ccc(C(F)(F)F)cn2)cc1C1CC1. The van der Waals surface area contributed by atoms with Gasteiger partial charge in [0.2, 0.25) is 0 Å². The Morgan fingerprint density at radius 3 is 2.29 bits per heavy atom. The molecule has 0 unspecified atom stereocenters. The maximum atomic E-state index is 12.6. The predicted octanol–water partition coefficient (Wildman–Crippen LogP) is 3.97. The van der Waals surface area contributed by atoms with Crippen LogP contribution in [-0.2, 0) is 27.0 Å². The molecule has 3 N–H and O–H groups in total. The molecule has 3 amide bonds. The molecule has 0 saturated heterocycles. The van der Waals surface area contributed by atoms with Crippen molar-refractivity contribution in [1.29, 1.82) is 0 Å². The molecule has 1 aliphatic rings. The first-order valence-corrected chi connectivity index (χ1v) is 10.4. The van der Waals surface area contributed by atoms with Crippen molar-refractivity contribution in [3.8, 4) is 0 Å². The van der Waals surface area contributed by atoms with Crippen molar-refractivity contribution in [2.24, 2.45) is 0 Å². The number of hydrogen-bond donors (Lipinski definition) is 3. The van der Waals surface area contributed by atoms with Crippen molar-refractivity contribution in [2.45, 2.75) is 57.9 Å².